The minimum absolute atomic E-state index is 0.107. The van der Waals surface area contributed by atoms with Crippen molar-refractivity contribution in [2.45, 2.75) is 20.0 Å². The Bertz CT molecular complexity index is 317. The van der Waals surface area contributed by atoms with E-state index in [1.54, 1.807) is 0 Å². The Morgan fingerprint density at radius 2 is 2.23 bits per heavy atom. The third-order valence-electron chi connectivity index (χ3n) is 1.68. The number of aliphatic hydroxyl groups is 1. The van der Waals surface area contributed by atoms with Crippen molar-refractivity contribution in [3.63, 3.8) is 0 Å². The zero-order valence-electron chi connectivity index (χ0n) is 6.89. The second-order valence-electron chi connectivity index (χ2n) is 2.57. The monoisotopic (exact) mass is 299 g/mol. The van der Waals surface area contributed by atoms with Gasteiger partial charge >= 0.3 is 0 Å². The largest absolute Gasteiger partial charge is 0.392 e. The molecule has 0 atom stereocenters. The van der Waals surface area contributed by atoms with E-state index in [-0.39, 0.29) is 12.2 Å². The standard InChI is InChI=1S/C8H8F2INO/c1-4-6(7(9)10)2-5(3-13)8(11)12-4/h2,7,13H,3H2,1H3. The summed E-state index contributed by atoms with van der Waals surface area (Å²) in [6.07, 6.45) is -2.53. The number of alkyl halides is 2. The van der Waals surface area contributed by atoms with Crippen molar-refractivity contribution in [2.75, 3.05) is 0 Å². The highest BCUT2D eigenvalue weighted by atomic mass is 127. The third kappa shape index (κ3) is 2.34. The topological polar surface area (TPSA) is 33.1 Å². The van der Waals surface area contributed by atoms with Crippen LogP contribution in [-0.2, 0) is 6.61 Å². The highest BCUT2D eigenvalue weighted by Crippen LogP contribution is 2.24. The average molecular weight is 299 g/mol. The molecule has 0 saturated heterocycles. The van der Waals surface area contributed by atoms with Crippen LogP contribution in [0.15, 0.2) is 6.07 Å². The normalized spacial score (nSPS) is 10.9. The fraction of sp³-hybridized carbons (Fsp3) is 0.375. The predicted octanol–water partition coefficient (Wildman–Crippen LogP) is 2.42. The summed E-state index contributed by atoms with van der Waals surface area (Å²) in [6.45, 7) is 1.27. The maximum absolute atomic E-state index is 12.4. The first-order chi connectivity index (χ1) is 6.06. The number of aryl methyl sites for hydroxylation is 1. The number of hydrogen-bond donors (Lipinski definition) is 1. The van der Waals surface area contributed by atoms with Crippen molar-refractivity contribution in [1.29, 1.82) is 0 Å². The van der Waals surface area contributed by atoms with E-state index in [1.165, 1.54) is 13.0 Å². The van der Waals surface area contributed by atoms with Crippen LogP contribution in [0.5, 0.6) is 0 Å². The number of rotatable bonds is 2. The molecule has 72 valence electrons. The lowest BCUT2D eigenvalue weighted by Gasteiger charge is -2.07. The Morgan fingerprint density at radius 3 is 2.69 bits per heavy atom. The molecule has 0 aromatic carbocycles. The molecule has 1 N–H and O–H groups in total. The van der Waals surface area contributed by atoms with E-state index in [2.05, 4.69) is 4.98 Å². The smallest absolute Gasteiger partial charge is 0.265 e. The fourth-order valence-electron chi connectivity index (χ4n) is 0.967. The van der Waals surface area contributed by atoms with Gasteiger partial charge in [0.1, 0.15) is 3.70 Å². The van der Waals surface area contributed by atoms with Gasteiger partial charge < -0.3 is 5.11 Å². The summed E-state index contributed by atoms with van der Waals surface area (Å²) in [6, 6.07) is 1.30. The molecule has 0 unspecified atom stereocenters. The Hall–Kier alpha value is -0.300. The first kappa shape index (κ1) is 10.8. The zero-order chi connectivity index (χ0) is 10.0. The molecule has 0 radical (unpaired) electrons. The summed E-state index contributed by atoms with van der Waals surface area (Å²) >= 11 is 1.91. The fourth-order valence-corrected chi connectivity index (χ4v) is 1.66. The maximum Gasteiger partial charge on any atom is 0.265 e. The van der Waals surface area contributed by atoms with Crippen LogP contribution in [0, 0.1) is 10.6 Å². The van der Waals surface area contributed by atoms with Gasteiger partial charge in [-0.15, -0.1) is 0 Å². The first-order valence-electron chi connectivity index (χ1n) is 3.61. The van der Waals surface area contributed by atoms with E-state index in [0.717, 1.165) is 0 Å². The van der Waals surface area contributed by atoms with E-state index in [4.69, 9.17) is 5.11 Å². The van der Waals surface area contributed by atoms with Gasteiger partial charge in [-0.2, -0.15) is 0 Å². The molecule has 1 aromatic rings. The molecule has 0 saturated carbocycles. The molecule has 0 aliphatic carbocycles. The van der Waals surface area contributed by atoms with E-state index < -0.39 is 6.43 Å². The lowest BCUT2D eigenvalue weighted by atomic mass is 10.1. The van der Waals surface area contributed by atoms with Gasteiger partial charge in [0.2, 0.25) is 0 Å². The van der Waals surface area contributed by atoms with Crippen molar-refractivity contribution in [2.24, 2.45) is 0 Å². The molecule has 1 rings (SSSR count). The molecule has 1 aromatic heterocycles. The SMILES string of the molecule is Cc1nc(I)c(CO)cc1C(F)F. The van der Waals surface area contributed by atoms with Gasteiger partial charge in [0, 0.05) is 16.8 Å². The van der Waals surface area contributed by atoms with Gasteiger partial charge in [-0.3, -0.25) is 0 Å². The Labute approximate surface area is 88.1 Å². The van der Waals surface area contributed by atoms with E-state index in [9.17, 15) is 8.78 Å². The molecular formula is C8H8F2INO. The number of hydrogen-bond acceptors (Lipinski definition) is 2. The molecular weight excluding hydrogens is 291 g/mol. The maximum atomic E-state index is 12.4. The van der Waals surface area contributed by atoms with E-state index in [0.29, 0.717) is 15.0 Å². The van der Waals surface area contributed by atoms with Gasteiger partial charge in [-0.25, -0.2) is 13.8 Å². The lowest BCUT2D eigenvalue weighted by molar-refractivity contribution is 0.149. The lowest BCUT2D eigenvalue weighted by Crippen LogP contribution is -2.00. The number of halogens is 3. The second-order valence-corrected chi connectivity index (χ2v) is 3.59. The molecule has 13 heavy (non-hydrogen) atoms. The van der Waals surface area contributed by atoms with Gasteiger partial charge in [0.25, 0.3) is 6.43 Å². The van der Waals surface area contributed by atoms with Crippen molar-refractivity contribution < 1.29 is 13.9 Å². The van der Waals surface area contributed by atoms with E-state index in [1.807, 2.05) is 22.6 Å². The third-order valence-corrected chi connectivity index (χ3v) is 2.62. The Balaban J connectivity index is 3.22. The summed E-state index contributed by atoms with van der Waals surface area (Å²) < 4.78 is 25.3. The number of aromatic nitrogens is 1. The number of nitrogens with zero attached hydrogens (tertiary/aromatic N) is 1. The summed E-state index contributed by atoms with van der Waals surface area (Å²) in [5.74, 6) is 0. The average Bonchev–Trinajstić information content (AvgIpc) is 2.03. The van der Waals surface area contributed by atoms with Crippen molar-refractivity contribution in [3.05, 3.63) is 26.6 Å². The summed E-state index contributed by atoms with van der Waals surface area (Å²) in [7, 11) is 0. The Morgan fingerprint density at radius 1 is 1.62 bits per heavy atom. The van der Waals surface area contributed by atoms with Crippen LogP contribution in [0.4, 0.5) is 8.78 Å². The molecule has 0 spiro atoms. The van der Waals surface area contributed by atoms with Gasteiger partial charge in [0.05, 0.1) is 6.61 Å². The van der Waals surface area contributed by atoms with Crippen LogP contribution in [-0.4, -0.2) is 10.1 Å². The molecule has 0 amide bonds. The van der Waals surface area contributed by atoms with Crippen LogP contribution in [0.3, 0.4) is 0 Å². The van der Waals surface area contributed by atoms with Crippen molar-refractivity contribution in [3.8, 4) is 0 Å². The highest BCUT2D eigenvalue weighted by Gasteiger charge is 2.14. The predicted molar refractivity (Wildman–Crippen MR) is 52.6 cm³/mol. The second kappa shape index (κ2) is 4.28. The quantitative estimate of drug-likeness (QED) is 0.672. The molecule has 0 aliphatic heterocycles. The van der Waals surface area contributed by atoms with Gasteiger partial charge in [0.15, 0.2) is 0 Å². The van der Waals surface area contributed by atoms with Crippen LogP contribution < -0.4 is 0 Å². The van der Waals surface area contributed by atoms with Crippen molar-refractivity contribution >= 4 is 22.6 Å². The highest BCUT2D eigenvalue weighted by molar-refractivity contribution is 14.1. The van der Waals surface area contributed by atoms with Crippen LogP contribution in [0.25, 0.3) is 0 Å². The molecule has 2 nitrogen and oxygen atoms in total. The minimum Gasteiger partial charge on any atom is -0.392 e. The molecule has 0 fully saturated rings. The zero-order valence-corrected chi connectivity index (χ0v) is 9.05. The Kier molecular flexibility index (Phi) is 3.55. The van der Waals surface area contributed by atoms with Crippen LogP contribution in [0.1, 0.15) is 23.2 Å². The molecule has 0 aliphatic rings. The van der Waals surface area contributed by atoms with Crippen molar-refractivity contribution in [1.82, 2.24) is 4.98 Å². The van der Waals surface area contributed by atoms with Crippen LogP contribution in [0.2, 0.25) is 0 Å². The van der Waals surface area contributed by atoms with Gasteiger partial charge in [-0.1, -0.05) is 0 Å². The summed E-state index contributed by atoms with van der Waals surface area (Å²) in [5.41, 5.74) is 0.655. The molecule has 5 heteroatoms. The van der Waals surface area contributed by atoms with E-state index >= 15 is 0 Å². The first-order valence-corrected chi connectivity index (χ1v) is 4.69. The minimum atomic E-state index is -2.53. The summed E-state index contributed by atoms with van der Waals surface area (Å²) in [4.78, 5) is 3.91. The van der Waals surface area contributed by atoms with Gasteiger partial charge in [-0.05, 0) is 35.6 Å². The molecule has 0 bridgehead atoms. The number of pyridine rings is 1. The molecule has 1 heterocycles. The summed E-state index contributed by atoms with van der Waals surface area (Å²) in [5, 5.41) is 8.83. The number of aliphatic hydroxyl groups excluding tert-OH is 1. The van der Waals surface area contributed by atoms with Crippen LogP contribution >= 0.6 is 22.6 Å².